The minimum Gasteiger partial charge on any atom is -0.456 e. The lowest BCUT2D eigenvalue weighted by atomic mass is 9.89. The number of rotatable bonds is 12. The second-order valence-electron chi connectivity index (χ2n) is 28.0. The zero-order valence-corrected chi connectivity index (χ0v) is 58.1. The molecule has 6 heterocycles. The van der Waals surface area contributed by atoms with E-state index in [-0.39, 0.29) is 0 Å². The minimum absolute atomic E-state index is 0.711. The van der Waals surface area contributed by atoms with Crippen LogP contribution in [0.1, 0.15) is 0 Å². The standard InChI is InChI=1S/C100H60N6O2/c1-3-17-61(18-4-1)66-35-37-77-69(53-66)33-34-70-54-73(36-38-78(70)77)105(87-32-15-23-63-19-7-10-27-79(63)87)89-40-39-82-95-88(106(94-60-67(47-52-103-94)62-43-48-101-49-44-62)90-57-68-22-8-9-25-75(68)80-28-13-14-29-81(80)90)41-42-91-99(95)97-84(56-72(59-92(97)107-91)86-31-16-30-85(104-86)65-20-5-2-6-21-65)83-55-71(58-93-96(83)98(82)100(89)108-93)76-26-12-11-24-74(76)64-45-50-102-51-46-64/h1-60H. The van der Waals surface area contributed by atoms with Gasteiger partial charge in [0.15, 0.2) is 5.58 Å². The molecule has 0 fully saturated rings. The summed E-state index contributed by atoms with van der Waals surface area (Å²) in [6, 6.07) is 120. The number of fused-ring (bicyclic) bond motifs is 9. The Morgan fingerprint density at radius 2 is 0.787 bits per heavy atom. The van der Waals surface area contributed by atoms with E-state index in [0.717, 1.165) is 188 Å². The van der Waals surface area contributed by atoms with Crippen molar-refractivity contribution in [1.82, 2.24) is 19.9 Å². The van der Waals surface area contributed by atoms with Gasteiger partial charge in [0.1, 0.15) is 22.6 Å². The van der Waals surface area contributed by atoms with Crippen molar-refractivity contribution in [2.45, 2.75) is 0 Å². The molecule has 0 bridgehead atoms. The highest BCUT2D eigenvalue weighted by Crippen LogP contribution is 2.56. The van der Waals surface area contributed by atoms with Gasteiger partial charge in [-0.25, -0.2) is 9.97 Å². The molecular formula is C100H60N6O2. The third-order valence-corrected chi connectivity index (χ3v) is 22.0. The monoisotopic (exact) mass is 1380 g/mol. The third kappa shape index (κ3) is 9.78. The van der Waals surface area contributed by atoms with E-state index in [4.69, 9.17) is 18.8 Å². The quantitative estimate of drug-likeness (QED) is 0.112. The van der Waals surface area contributed by atoms with Gasteiger partial charge in [-0.3, -0.25) is 14.9 Å². The summed E-state index contributed by atoms with van der Waals surface area (Å²) in [6.45, 7) is 0. The normalized spacial score (nSPS) is 11.9. The van der Waals surface area contributed by atoms with E-state index in [0.29, 0.717) is 5.58 Å². The van der Waals surface area contributed by atoms with Crippen molar-refractivity contribution in [1.29, 1.82) is 0 Å². The van der Waals surface area contributed by atoms with Gasteiger partial charge in [0.2, 0.25) is 0 Å². The maximum absolute atomic E-state index is 8.10. The molecule has 502 valence electrons. The molecule has 0 saturated carbocycles. The van der Waals surface area contributed by atoms with Crippen LogP contribution < -0.4 is 9.80 Å². The molecule has 0 spiro atoms. The Morgan fingerprint density at radius 3 is 1.58 bits per heavy atom. The lowest BCUT2D eigenvalue weighted by molar-refractivity contribution is 0.669. The molecule has 0 saturated heterocycles. The number of hydrogen-bond donors (Lipinski definition) is 0. The number of furan rings is 2. The molecule has 16 aromatic carbocycles. The maximum atomic E-state index is 8.10. The number of pyridine rings is 4. The fourth-order valence-electron chi connectivity index (χ4n) is 17.1. The van der Waals surface area contributed by atoms with Crippen molar-refractivity contribution >= 4 is 154 Å². The number of anilines is 6. The summed E-state index contributed by atoms with van der Waals surface area (Å²) in [4.78, 5) is 24.7. The molecule has 22 rings (SSSR count). The lowest BCUT2D eigenvalue weighted by Gasteiger charge is -2.29. The summed E-state index contributed by atoms with van der Waals surface area (Å²) in [6.07, 6.45) is 9.37. The first-order valence-electron chi connectivity index (χ1n) is 36.5. The van der Waals surface area contributed by atoms with E-state index in [1.165, 1.54) is 27.3 Å². The fourth-order valence-corrected chi connectivity index (χ4v) is 17.1. The summed E-state index contributed by atoms with van der Waals surface area (Å²) in [5.41, 5.74) is 19.8. The van der Waals surface area contributed by atoms with Gasteiger partial charge in [-0.2, -0.15) is 0 Å². The Balaban J connectivity index is 0.905. The Bertz CT molecular complexity index is 7380. The average Bonchev–Trinajstić information content (AvgIpc) is 1.49. The highest BCUT2D eigenvalue weighted by Gasteiger charge is 2.31. The predicted octanol–water partition coefficient (Wildman–Crippen LogP) is 27.5. The lowest BCUT2D eigenvalue weighted by Crippen LogP contribution is -2.13. The summed E-state index contributed by atoms with van der Waals surface area (Å²) in [5.74, 6) is 0.730. The zero-order valence-electron chi connectivity index (χ0n) is 58.1. The van der Waals surface area contributed by atoms with Crippen LogP contribution in [0.15, 0.2) is 373 Å². The van der Waals surface area contributed by atoms with Gasteiger partial charge in [0, 0.05) is 85.5 Å². The summed E-state index contributed by atoms with van der Waals surface area (Å²) < 4.78 is 15.7. The molecule has 0 aliphatic heterocycles. The molecule has 0 radical (unpaired) electrons. The van der Waals surface area contributed by atoms with Crippen LogP contribution in [-0.4, -0.2) is 19.9 Å². The van der Waals surface area contributed by atoms with E-state index in [9.17, 15) is 0 Å². The van der Waals surface area contributed by atoms with Gasteiger partial charge in [0.25, 0.3) is 0 Å². The Morgan fingerprint density at radius 1 is 0.231 bits per heavy atom. The Labute approximate surface area is 619 Å². The fraction of sp³-hybridized carbons (Fsp3) is 0. The number of hydrogen-bond acceptors (Lipinski definition) is 8. The van der Waals surface area contributed by atoms with Crippen LogP contribution in [0.5, 0.6) is 0 Å². The SMILES string of the molecule is c1ccc(-c2ccc3c(ccc4cc(N(c5cccc6ccccc56)c5ccc6c7c(N(c8cc(-c9ccncc9)ccn8)c8cc9ccccc9c9ccccc89)ccc8oc9cc(-c%10cccc(-c%11ccccc%11)n%10)cc(c%10cc(-c%11ccccc%11-c%11ccncc%11)cc%11oc5c6c%11%10)c9c87)ccc43)c2)cc1. The van der Waals surface area contributed by atoms with Crippen molar-refractivity contribution in [2.75, 3.05) is 9.80 Å². The molecule has 0 aliphatic rings. The first-order valence-corrected chi connectivity index (χ1v) is 36.5. The largest absolute Gasteiger partial charge is 0.456 e. The smallest absolute Gasteiger partial charge is 0.160 e. The Kier molecular flexibility index (Phi) is 13.8. The summed E-state index contributed by atoms with van der Waals surface area (Å²) in [7, 11) is 0. The molecule has 8 heteroatoms. The molecule has 0 amide bonds. The van der Waals surface area contributed by atoms with Crippen LogP contribution in [0.25, 0.3) is 186 Å². The summed E-state index contributed by atoms with van der Waals surface area (Å²) in [5, 5.41) is 19.0. The first kappa shape index (κ1) is 60.9. The molecule has 22 aromatic rings. The maximum Gasteiger partial charge on any atom is 0.160 e. The van der Waals surface area contributed by atoms with E-state index in [1.807, 2.05) is 37.1 Å². The molecule has 6 aromatic heterocycles. The van der Waals surface area contributed by atoms with Crippen LogP contribution in [0, 0.1) is 0 Å². The average molecular weight is 1380 g/mol. The van der Waals surface area contributed by atoms with Crippen molar-refractivity contribution in [3.8, 4) is 67.0 Å². The summed E-state index contributed by atoms with van der Waals surface area (Å²) >= 11 is 0. The second-order valence-corrected chi connectivity index (χ2v) is 28.0. The van der Waals surface area contributed by atoms with Gasteiger partial charge in [-0.15, -0.1) is 0 Å². The van der Waals surface area contributed by atoms with Crippen LogP contribution >= 0.6 is 0 Å². The van der Waals surface area contributed by atoms with Gasteiger partial charge in [-0.1, -0.05) is 212 Å². The van der Waals surface area contributed by atoms with E-state index >= 15 is 0 Å². The van der Waals surface area contributed by atoms with Gasteiger partial charge in [-0.05, 0) is 225 Å². The van der Waals surface area contributed by atoms with Crippen LogP contribution in [0.3, 0.4) is 0 Å². The topological polar surface area (TPSA) is 84.3 Å². The highest BCUT2D eigenvalue weighted by atomic mass is 16.3. The molecule has 0 N–H and O–H groups in total. The molecule has 8 nitrogen and oxygen atoms in total. The second kappa shape index (κ2) is 24.5. The van der Waals surface area contributed by atoms with Crippen molar-refractivity contribution in [3.05, 3.63) is 365 Å². The molecule has 0 atom stereocenters. The van der Waals surface area contributed by atoms with Gasteiger partial charge >= 0.3 is 0 Å². The van der Waals surface area contributed by atoms with Crippen LogP contribution in [0.2, 0.25) is 0 Å². The predicted molar refractivity (Wildman–Crippen MR) is 448 cm³/mol. The third-order valence-electron chi connectivity index (χ3n) is 22.0. The van der Waals surface area contributed by atoms with Crippen molar-refractivity contribution in [3.63, 3.8) is 0 Å². The zero-order chi connectivity index (χ0) is 70.9. The molecule has 0 unspecified atom stereocenters. The molecule has 108 heavy (non-hydrogen) atoms. The van der Waals surface area contributed by atoms with Gasteiger partial charge < -0.3 is 13.7 Å². The number of nitrogens with zero attached hydrogens (tertiary/aromatic N) is 6. The highest BCUT2D eigenvalue weighted by molar-refractivity contribution is 6.40. The first-order chi connectivity index (χ1) is 53.5. The van der Waals surface area contributed by atoms with Crippen molar-refractivity contribution < 1.29 is 8.83 Å². The number of benzene rings is 15. The molecular weight excluding hydrogens is 1320 g/mol. The van der Waals surface area contributed by atoms with Crippen LogP contribution in [-0.2, 0) is 0 Å². The van der Waals surface area contributed by atoms with Crippen LogP contribution in [0.4, 0.5) is 34.3 Å². The van der Waals surface area contributed by atoms with Crippen molar-refractivity contribution in [2.24, 2.45) is 0 Å². The van der Waals surface area contributed by atoms with E-state index in [2.05, 4.69) is 347 Å². The minimum atomic E-state index is 0.711. The van der Waals surface area contributed by atoms with E-state index in [1.54, 1.807) is 0 Å². The molecule has 0 aliphatic carbocycles. The number of aromatic nitrogens is 4. The Hall–Kier alpha value is -14.6. The van der Waals surface area contributed by atoms with Gasteiger partial charge in [0.05, 0.1) is 34.1 Å². The van der Waals surface area contributed by atoms with E-state index < -0.39 is 0 Å².